The van der Waals surface area contributed by atoms with Crippen molar-refractivity contribution in [1.82, 2.24) is 9.21 Å². The molecule has 26 heavy (non-hydrogen) atoms. The summed E-state index contributed by atoms with van der Waals surface area (Å²) in [7, 11) is 1.04. The van der Waals surface area contributed by atoms with Gasteiger partial charge < -0.3 is 22.1 Å². The largest absolute Gasteiger partial charge is 1.00 e. The number of nitrogens with zero attached hydrogens (tertiary/aromatic N) is 3. The monoisotopic (exact) mass is 485 g/mol. The Morgan fingerprint density at radius 2 is 1.92 bits per heavy atom. The van der Waals surface area contributed by atoms with Crippen LogP contribution in [-0.4, -0.2) is 72.5 Å². The molecule has 0 radical (unpaired) electrons. The molecule has 0 bridgehead atoms. The predicted octanol–water partition coefficient (Wildman–Crippen LogP) is -1.17. The van der Waals surface area contributed by atoms with Crippen LogP contribution in [0.25, 0.3) is 0 Å². The fourth-order valence-corrected chi connectivity index (χ4v) is 5.61. The summed E-state index contributed by atoms with van der Waals surface area (Å²) in [6.07, 6.45) is 0. The molecule has 1 aromatic carbocycles. The third-order valence-electron chi connectivity index (χ3n) is 4.43. The summed E-state index contributed by atoms with van der Waals surface area (Å²) in [4.78, 5) is 1.81. The van der Waals surface area contributed by atoms with Gasteiger partial charge >= 0.3 is 5.17 Å². The molecule has 0 aromatic heterocycles. The highest BCUT2D eigenvalue weighted by molar-refractivity contribution is 8.13. The Labute approximate surface area is 175 Å². The van der Waals surface area contributed by atoms with Crippen molar-refractivity contribution in [2.75, 3.05) is 40.0 Å². The maximum Gasteiger partial charge on any atom is 0.311 e. The average molecular weight is 487 g/mol. The zero-order valence-electron chi connectivity index (χ0n) is 15.5. The number of aliphatic hydroxyl groups is 1. The van der Waals surface area contributed by atoms with E-state index in [4.69, 9.17) is 11.6 Å². The van der Waals surface area contributed by atoms with E-state index < -0.39 is 15.7 Å². The van der Waals surface area contributed by atoms with Crippen LogP contribution in [-0.2, 0) is 15.7 Å². The lowest BCUT2D eigenvalue weighted by Crippen LogP contribution is -3.00. The fraction of sp³-hybridized carbons (Fsp3) is 0.562. The van der Waals surface area contributed by atoms with E-state index in [1.807, 2.05) is 7.05 Å². The molecule has 10 heteroatoms. The zero-order valence-corrected chi connectivity index (χ0v) is 19.5. The first-order chi connectivity index (χ1) is 11.6. The molecule has 0 aliphatic carbocycles. The van der Waals surface area contributed by atoms with Gasteiger partial charge in [0.05, 0.1) is 30.9 Å². The third kappa shape index (κ3) is 4.07. The van der Waals surface area contributed by atoms with Gasteiger partial charge in [0.25, 0.3) is 0 Å². The molecule has 1 heterocycles. The molecule has 1 aliphatic heterocycles. The highest BCUT2D eigenvalue weighted by Crippen LogP contribution is 2.39. The van der Waals surface area contributed by atoms with Crippen LogP contribution in [0.2, 0.25) is 5.02 Å². The van der Waals surface area contributed by atoms with Crippen LogP contribution in [0.1, 0.15) is 19.4 Å². The van der Waals surface area contributed by atoms with Crippen LogP contribution in [0.5, 0.6) is 0 Å². The van der Waals surface area contributed by atoms with Crippen LogP contribution in [0.15, 0.2) is 23.1 Å². The van der Waals surface area contributed by atoms with Crippen molar-refractivity contribution in [2.45, 2.75) is 24.5 Å². The number of halogens is 2. The average Bonchev–Trinajstić information content (AvgIpc) is 2.86. The van der Waals surface area contributed by atoms with Crippen molar-refractivity contribution in [3.8, 4) is 0 Å². The molecule has 2 rings (SSSR count). The first kappa shape index (κ1) is 23.7. The Balaban J connectivity index is 0.00000338. The van der Waals surface area contributed by atoms with Gasteiger partial charge in [-0.05, 0) is 37.7 Å². The van der Waals surface area contributed by atoms with Crippen LogP contribution in [0.4, 0.5) is 0 Å². The first-order valence-electron chi connectivity index (χ1n) is 8.03. The first-order valence-corrected chi connectivity index (χ1v) is 10.8. The molecule has 148 valence electrons. The fourth-order valence-electron chi connectivity index (χ4n) is 2.74. The smallest absolute Gasteiger partial charge is 0.311 e. The van der Waals surface area contributed by atoms with E-state index in [2.05, 4.69) is 18.4 Å². The van der Waals surface area contributed by atoms with Gasteiger partial charge in [-0.2, -0.15) is 0 Å². The molecule has 1 atom stereocenters. The minimum atomic E-state index is -3.70. The van der Waals surface area contributed by atoms with Crippen molar-refractivity contribution in [2.24, 2.45) is 0 Å². The van der Waals surface area contributed by atoms with Gasteiger partial charge in [0.15, 0.2) is 0 Å². The third-order valence-corrected chi connectivity index (χ3v) is 8.06. The molecule has 0 spiro atoms. The van der Waals surface area contributed by atoms with Gasteiger partial charge in [0.2, 0.25) is 15.7 Å². The molecule has 1 saturated heterocycles. The van der Waals surface area contributed by atoms with E-state index in [9.17, 15) is 13.5 Å². The highest BCUT2D eigenvalue weighted by Gasteiger charge is 2.50. The van der Waals surface area contributed by atoms with Crippen molar-refractivity contribution < 1.29 is 35.1 Å². The molecule has 1 fully saturated rings. The van der Waals surface area contributed by atoms with Crippen molar-refractivity contribution in [1.29, 1.82) is 0 Å². The summed E-state index contributed by atoms with van der Waals surface area (Å²) in [5, 5.41) is 12.4. The molecular weight excluding hydrogens is 462 g/mol. The van der Waals surface area contributed by atoms with Gasteiger partial charge in [0.1, 0.15) is 4.90 Å². The Morgan fingerprint density at radius 3 is 2.42 bits per heavy atom. The summed E-state index contributed by atoms with van der Waals surface area (Å²) in [5.74, 6) is 0.415. The molecule has 0 saturated carbocycles. The van der Waals surface area contributed by atoms with E-state index in [0.717, 1.165) is 22.6 Å². The van der Waals surface area contributed by atoms with Crippen LogP contribution < -0.4 is 17.0 Å². The van der Waals surface area contributed by atoms with E-state index in [0.29, 0.717) is 11.3 Å². The number of benzene rings is 1. The second-order valence-electron chi connectivity index (χ2n) is 6.05. The number of amidine groups is 1. The van der Waals surface area contributed by atoms with Crippen LogP contribution in [0, 0.1) is 0 Å². The van der Waals surface area contributed by atoms with E-state index >= 15 is 0 Å². The minimum Gasteiger partial charge on any atom is -1.00 e. The number of hydrogen-bond acceptors (Lipinski definition) is 4. The van der Waals surface area contributed by atoms with Crippen LogP contribution >= 0.6 is 23.4 Å². The Hall–Kier alpha value is -0.320. The normalized spacial score (nSPS) is 20.5. The summed E-state index contributed by atoms with van der Waals surface area (Å²) in [6.45, 7) is 5.79. The predicted molar refractivity (Wildman–Crippen MR) is 103 cm³/mol. The molecule has 1 aliphatic rings. The maximum absolute atomic E-state index is 12.5. The van der Waals surface area contributed by atoms with E-state index in [1.54, 1.807) is 22.7 Å². The molecule has 6 nitrogen and oxygen atoms in total. The summed E-state index contributed by atoms with van der Waals surface area (Å²) in [6, 6.07) is 4.68. The van der Waals surface area contributed by atoms with Crippen molar-refractivity contribution in [3.63, 3.8) is 0 Å². The molecule has 1 N–H and O–H groups in total. The number of sulfonamides is 1. The minimum absolute atomic E-state index is 0. The Kier molecular flexibility index (Phi) is 8.02. The highest BCUT2D eigenvalue weighted by atomic mass is 79.9. The van der Waals surface area contributed by atoms with Crippen molar-refractivity contribution in [3.05, 3.63) is 28.8 Å². The van der Waals surface area contributed by atoms with E-state index in [1.165, 1.54) is 26.2 Å². The quantitative estimate of drug-likeness (QED) is 0.531. The summed E-state index contributed by atoms with van der Waals surface area (Å²) in [5.41, 5.74) is -0.779. The molecule has 0 amide bonds. The summed E-state index contributed by atoms with van der Waals surface area (Å²) >= 11 is 7.68. The Bertz CT molecular complexity index is 796. The molecule has 1 unspecified atom stereocenters. The molecule has 1 aromatic rings. The zero-order chi connectivity index (χ0) is 19.0. The lowest BCUT2D eigenvalue weighted by atomic mass is 10.0. The summed E-state index contributed by atoms with van der Waals surface area (Å²) < 4.78 is 28.3. The number of thioether (sulfide) groups is 1. The lowest BCUT2D eigenvalue weighted by molar-refractivity contribution is -0.523. The topological polar surface area (TPSA) is 63.9 Å². The Morgan fingerprint density at radius 1 is 1.35 bits per heavy atom. The van der Waals surface area contributed by atoms with Gasteiger partial charge in [-0.15, -0.1) is 0 Å². The van der Waals surface area contributed by atoms with Crippen LogP contribution in [0.3, 0.4) is 0 Å². The standard InChI is InChI=1S/C16H25ClN3O3S2.BrH/c1-6-20(7-2)15-19(5)16(21,11-24-15)12-8-9-13(17)14(10-12)25(22,23)18(3)4;/h8-10,21H,6-7,11H2,1-5H3;1H/q+1;/p-1. The second kappa shape index (κ2) is 8.79. The van der Waals surface area contributed by atoms with Crippen molar-refractivity contribution >= 4 is 38.6 Å². The number of rotatable bonds is 5. The maximum atomic E-state index is 12.5. The second-order valence-corrected chi connectivity index (χ2v) is 9.52. The van der Waals surface area contributed by atoms with Gasteiger partial charge in [-0.3, -0.25) is 4.58 Å². The number of hydrogen-bond donors (Lipinski definition) is 1. The molecular formula is C16H25BrClN3O3S2. The lowest BCUT2D eigenvalue weighted by Gasteiger charge is -2.27. The van der Waals surface area contributed by atoms with E-state index in [-0.39, 0.29) is 26.9 Å². The SMILES string of the molecule is CC[N+](CC)=C1SCC(O)(c2ccc(Cl)c(S(=O)(=O)N(C)C)c2)N1C.[Br-]. The van der Waals surface area contributed by atoms with Gasteiger partial charge in [-0.1, -0.05) is 17.7 Å². The van der Waals surface area contributed by atoms with Gasteiger partial charge in [-0.25, -0.2) is 17.6 Å². The van der Waals surface area contributed by atoms with Gasteiger partial charge in [0, 0.05) is 19.7 Å².